The van der Waals surface area contributed by atoms with E-state index in [1.165, 1.54) is 19.3 Å². The number of rotatable bonds is 1. The fourth-order valence-corrected chi connectivity index (χ4v) is 3.06. The summed E-state index contributed by atoms with van der Waals surface area (Å²) in [6, 6.07) is 1.86. The van der Waals surface area contributed by atoms with Crippen LogP contribution >= 0.6 is 11.6 Å². The molecule has 2 aliphatic rings. The van der Waals surface area contributed by atoms with Crippen molar-refractivity contribution in [3.63, 3.8) is 0 Å². The van der Waals surface area contributed by atoms with Gasteiger partial charge in [0.2, 0.25) is 0 Å². The highest BCUT2D eigenvalue weighted by molar-refractivity contribution is 6.29. The molecule has 0 bridgehead atoms. The third kappa shape index (κ3) is 1.69. The lowest BCUT2D eigenvalue weighted by molar-refractivity contribution is 0.494. The normalized spacial score (nSPS) is 29.5. The molecule has 0 N–H and O–H groups in total. The first-order chi connectivity index (χ1) is 7.33. The second-order valence-corrected chi connectivity index (χ2v) is 4.94. The molecule has 15 heavy (non-hydrogen) atoms. The highest BCUT2D eigenvalue weighted by Crippen LogP contribution is 2.39. The van der Waals surface area contributed by atoms with E-state index in [1.807, 2.05) is 6.07 Å². The van der Waals surface area contributed by atoms with Crippen LogP contribution in [0.2, 0.25) is 5.15 Å². The topological polar surface area (TPSA) is 29.0 Å². The van der Waals surface area contributed by atoms with E-state index in [0.717, 1.165) is 30.7 Å². The van der Waals surface area contributed by atoms with E-state index < -0.39 is 0 Å². The lowest BCUT2D eigenvalue weighted by atomic mass is 10.0. The molecule has 1 aliphatic carbocycles. The van der Waals surface area contributed by atoms with Gasteiger partial charge >= 0.3 is 0 Å². The second-order valence-electron chi connectivity index (χ2n) is 4.55. The van der Waals surface area contributed by atoms with E-state index in [9.17, 15) is 0 Å². The average molecular weight is 224 g/mol. The number of halogens is 1. The summed E-state index contributed by atoms with van der Waals surface area (Å²) >= 11 is 5.87. The first-order valence-corrected chi connectivity index (χ1v) is 5.93. The molecule has 0 spiro atoms. The number of aromatic nitrogens is 2. The molecule has 2 atom stereocenters. The molecule has 0 unspecified atom stereocenters. The van der Waals surface area contributed by atoms with Crippen molar-refractivity contribution in [3.8, 4) is 0 Å². The second kappa shape index (κ2) is 3.63. The van der Waals surface area contributed by atoms with Gasteiger partial charge in [-0.2, -0.15) is 0 Å². The van der Waals surface area contributed by atoms with Crippen LogP contribution in [-0.2, 0) is 0 Å². The Balaban J connectivity index is 1.79. The summed E-state index contributed by atoms with van der Waals surface area (Å²) in [5.41, 5.74) is 0. The maximum atomic E-state index is 5.87. The van der Waals surface area contributed by atoms with E-state index in [0.29, 0.717) is 5.15 Å². The van der Waals surface area contributed by atoms with Gasteiger partial charge in [0.25, 0.3) is 0 Å². The van der Waals surface area contributed by atoms with Crippen molar-refractivity contribution in [2.45, 2.75) is 19.3 Å². The summed E-state index contributed by atoms with van der Waals surface area (Å²) in [5.74, 6) is 2.77. The Bertz CT molecular complexity index is 357. The highest BCUT2D eigenvalue weighted by Gasteiger charge is 2.36. The van der Waals surface area contributed by atoms with Crippen LogP contribution in [0.5, 0.6) is 0 Å². The Labute approximate surface area is 94.5 Å². The van der Waals surface area contributed by atoms with Gasteiger partial charge in [-0.25, -0.2) is 9.97 Å². The van der Waals surface area contributed by atoms with E-state index >= 15 is 0 Å². The average Bonchev–Trinajstić information content (AvgIpc) is 2.76. The Hall–Kier alpha value is -0.830. The van der Waals surface area contributed by atoms with Crippen LogP contribution in [0.4, 0.5) is 5.82 Å². The number of hydrogen-bond donors (Lipinski definition) is 0. The molecule has 1 saturated carbocycles. The molecule has 2 fully saturated rings. The molecule has 0 radical (unpaired) electrons. The lowest BCUT2D eigenvalue weighted by Gasteiger charge is -2.17. The fourth-order valence-electron chi connectivity index (χ4n) is 2.92. The predicted octanol–water partition coefficient (Wildman–Crippen LogP) is 2.37. The van der Waals surface area contributed by atoms with Crippen molar-refractivity contribution in [1.29, 1.82) is 0 Å². The van der Waals surface area contributed by atoms with Gasteiger partial charge in [-0.3, -0.25) is 0 Å². The number of hydrogen-bond acceptors (Lipinski definition) is 3. The smallest absolute Gasteiger partial charge is 0.134 e. The van der Waals surface area contributed by atoms with Crippen molar-refractivity contribution in [2.75, 3.05) is 18.0 Å². The van der Waals surface area contributed by atoms with Gasteiger partial charge < -0.3 is 4.90 Å². The largest absolute Gasteiger partial charge is 0.356 e. The lowest BCUT2D eigenvalue weighted by Crippen LogP contribution is -2.21. The maximum absolute atomic E-state index is 5.87. The molecule has 1 aromatic heterocycles. The number of fused-ring (bicyclic) bond motifs is 1. The summed E-state index contributed by atoms with van der Waals surface area (Å²) in [5, 5.41) is 0.539. The van der Waals surface area contributed by atoms with Gasteiger partial charge in [-0.05, 0) is 24.7 Å². The highest BCUT2D eigenvalue weighted by atomic mass is 35.5. The molecule has 1 aliphatic heterocycles. The van der Waals surface area contributed by atoms with E-state index in [2.05, 4.69) is 14.9 Å². The molecular weight excluding hydrogens is 210 g/mol. The maximum Gasteiger partial charge on any atom is 0.134 e. The minimum atomic E-state index is 0.539. The molecule has 3 nitrogen and oxygen atoms in total. The Morgan fingerprint density at radius 1 is 1.20 bits per heavy atom. The SMILES string of the molecule is Clc1cc(N2C[C@H]3CCC[C@H]3C2)ncn1. The van der Waals surface area contributed by atoms with Crippen molar-refractivity contribution in [2.24, 2.45) is 11.8 Å². The fraction of sp³-hybridized carbons (Fsp3) is 0.636. The third-order valence-electron chi connectivity index (χ3n) is 3.67. The van der Waals surface area contributed by atoms with E-state index in [-0.39, 0.29) is 0 Å². The Kier molecular flexibility index (Phi) is 2.28. The molecule has 80 valence electrons. The first-order valence-electron chi connectivity index (χ1n) is 5.55. The summed E-state index contributed by atoms with van der Waals surface area (Å²) in [7, 11) is 0. The Morgan fingerprint density at radius 3 is 2.60 bits per heavy atom. The minimum absolute atomic E-state index is 0.539. The zero-order valence-corrected chi connectivity index (χ0v) is 9.32. The molecule has 2 heterocycles. The van der Waals surface area contributed by atoms with Crippen LogP contribution < -0.4 is 4.90 Å². The van der Waals surface area contributed by atoms with E-state index in [4.69, 9.17) is 11.6 Å². The van der Waals surface area contributed by atoms with Gasteiger partial charge in [-0.15, -0.1) is 0 Å². The van der Waals surface area contributed by atoms with Crippen LogP contribution in [0, 0.1) is 11.8 Å². The van der Waals surface area contributed by atoms with Gasteiger partial charge in [0.15, 0.2) is 0 Å². The van der Waals surface area contributed by atoms with Crippen LogP contribution in [-0.4, -0.2) is 23.1 Å². The Morgan fingerprint density at radius 2 is 1.93 bits per heavy atom. The number of nitrogens with zero attached hydrogens (tertiary/aromatic N) is 3. The summed E-state index contributed by atoms with van der Waals surface area (Å²) in [6.45, 7) is 2.30. The molecule has 1 aromatic rings. The van der Waals surface area contributed by atoms with Crippen LogP contribution in [0.15, 0.2) is 12.4 Å². The predicted molar refractivity (Wildman–Crippen MR) is 60.1 cm³/mol. The number of anilines is 1. The minimum Gasteiger partial charge on any atom is -0.356 e. The zero-order valence-electron chi connectivity index (χ0n) is 8.56. The van der Waals surface area contributed by atoms with Crippen molar-refractivity contribution in [3.05, 3.63) is 17.5 Å². The van der Waals surface area contributed by atoms with Crippen molar-refractivity contribution >= 4 is 17.4 Å². The van der Waals surface area contributed by atoms with Gasteiger partial charge in [-0.1, -0.05) is 18.0 Å². The molecular formula is C11H14ClN3. The van der Waals surface area contributed by atoms with Crippen LogP contribution in [0.25, 0.3) is 0 Å². The quantitative estimate of drug-likeness (QED) is 0.685. The van der Waals surface area contributed by atoms with Crippen molar-refractivity contribution in [1.82, 2.24) is 9.97 Å². The molecule has 0 aromatic carbocycles. The van der Waals surface area contributed by atoms with Crippen LogP contribution in [0.1, 0.15) is 19.3 Å². The first kappa shape index (κ1) is 9.40. The molecule has 1 saturated heterocycles. The summed E-state index contributed by atoms with van der Waals surface area (Å²) in [4.78, 5) is 10.5. The zero-order chi connectivity index (χ0) is 10.3. The standard InChI is InChI=1S/C11H14ClN3/c12-10-4-11(14-7-13-10)15-5-8-2-1-3-9(8)6-15/h4,7-9H,1-3,5-6H2/t8-,9+. The molecule has 3 rings (SSSR count). The monoisotopic (exact) mass is 223 g/mol. The van der Waals surface area contributed by atoms with Gasteiger partial charge in [0, 0.05) is 19.2 Å². The van der Waals surface area contributed by atoms with Crippen LogP contribution in [0.3, 0.4) is 0 Å². The molecule has 4 heteroatoms. The molecule has 0 amide bonds. The van der Waals surface area contributed by atoms with Gasteiger partial charge in [0.1, 0.15) is 17.3 Å². The summed E-state index contributed by atoms with van der Waals surface area (Å²) < 4.78 is 0. The van der Waals surface area contributed by atoms with Gasteiger partial charge in [0.05, 0.1) is 0 Å². The third-order valence-corrected chi connectivity index (χ3v) is 3.88. The van der Waals surface area contributed by atoms with E-state index in [1.54, 1.807) is 6.33 Å². The summed E-state index contributed by atoms with van der Waals surface area (Å²) in [6.07, 6.45) is 5.74. The van der Waals surface area contributed by atoms with Crippen molar-refractivity contribution < 1.29 is 0 Å².